The number of ether oxygens (including phenoxy) is 1. The molecule has 1 aromatic carbocycles. The number of aromatic nitrogens is 2. The predicted molar refractivity (Wildman–Crippen MR) is 117 cm³/mol. The number of esters is 1. The number of H-pyrrole nitrogens is 1. The number of amides is 1. The number of carbonyl (C=O) groups excluding carboxylic acids is 2. The molecular weight excluding hydrogens is 400 g/mol. The standard InChI is InChI=1S/C22H28N4O5/c1-4-5-10-25-19(23)18(20(28)24-22(25)30)26(12-13(2)3)17(27)11-16-14-8-6-7-9-15(14)21(29)31-16/h6-9,13,16H,4-5,10-12,23H2,1-3H3,(H,24,28,30)/t16-/m0/s1. The zero-order valence-electron chi connectivity index (χ0n) is 18.0. The molecular formula is C22H28N4O5. The predicted octanol–water partition coefficient (Wildman–Crippen LogP) is 2.21. The van der Waals surface area contributed by atoms with Crippen molar-refractivity contribution in [2.24, 2.45) is 5.92 Å². The van der Waals surface area contributed by atoms with Crippen LogP contribution < -0.4 is 21.9 Å². The summed E-state index contributed by atoms with van der Waals surface area (Å²) >= 11 is 0. The van der Waals surface area contributed by atoms with E-state index in [0.717, 1.165) is 6.42 Å². The maximum atomic E-state index is 13.3. The van der Waals surface area contributed by atoms with Gasteiger partial charge >= 0.3 is 11.7 Å². The third-order valence-electron chi connectivity index (χ3n) is 5.20. The van der Waals surface area contributed by atoms with Crippen LogP contribution in [-0.2, 0) is 16.1 Å². The molecule has 9 heteroatoms. The van der Waals surface area contributed by atoms with Crippen LogP contribution in [0.5, 0.6) is 0 Å². The van der Waals surface area contributed by atoms with Gasteiger partial charge in [-0.05, 0) is 18.4 Å². The second kappa shape index (κ2) is 9.20. The number of nitrogen functional groups attached to an aromatic ring is 1. The summed E-state index contributed by atoms with van der Waals surface area (Å²) in [6.07, 6.45) is 0.657. The molecule has 2 heterocycles. The van der Waals surface area contributed by atoms with E-state index in [1.54, 1.807) is 24.3 Å². The van der Waals surface area contributed by atoms with E-state index < -0.39 is 29.2 Å². The molecule has 2 aromatic rings. The van der Waals surface area contributed by atoms with Crippen molar-refractivity contribution in [3.8, 4) is 0 Å². The number of rotatable bonds is 8. The Morgan fingerprint density at radius 2 is 1.97 bits per heavy atom. The number of hydrogen-bond donors (Lipinski definition) is 2. The number of anilines is 2. The van der Waals surface area contributed by atoms with E-state index in [4.69, 9.17) is 10.5 Å². The fourth-order valence-corrected chi connectivity index (χ4v) is 3.70. The summed E-state index contributed by atoms with van der Waals surface area (Å²) < 4.78 is 6.67. The van der Waals surface area contributed by atoms with Crippen molar-refractivity contribution in [1.82, 2.24) is 9.55 Å². The minimum atomic E-state index is -0.739. The van der Waals surface area contributed by atoms with Crippen LogP contribution in [0.25, 0.3) is 0 Å². The minimum Gasteiger partial charge on any atom is -0.453 e. The summed E-state index contributed by atoms with van der Waals surface area (Å²) in [5.74, 6) is -0.910. The third-order valence-corrected chi connectivity index (χ3v) is 5.20. The first kappa shape index (κ1) is 22.3. The van der Waals surface area contributed by atoms with Gasteiger partial charge in [0.25, 0.3) is 5.56 Å². The van der Waals surface area contributed by atoms with Crippen LogP contribution in [-0.4, -0.2) is 28.0 Å². The van der Waals surface area contributed by atoms with Crippen molar-refractivity contribution in [1.29, 1.82) is 0 Å². The van der Waals surface area contributed by atoms with Crippen LogP contribution in [0, 0.1) is 5.92 Å². The van der Waals surface area contributed by atoms with Crippen molar-refractivity contribution in [2.75, 3.05) is 17.2 Å². The summed E-state index contributed by atoms with van der Waals surface area (Å²) in [5, 5.41) is 0. The Balaban J connectivity index is 1.98. The summed E-state index contributed by atoms with van der Waals surface area (Å²) in [4.78, 5) is 53.9. The SMILES string of the molecule is CCCCn1c(N)c(N(CC(C)C)C(=O)C[C@@H]2OC(=O)c3ccccc32)c(=O)[nH]c1=O. The Bertz CT molecular complexity index is 1100. The highest BCUT2D eigenvalue weighted by Crippen LogP contribution is 2.34. The highest BCUT2D eigenvalue weighted by molar-refractivity contribution is 5.98. The summed E-state index contributed by atoms with van der Waals surface area (Å²) in [6.45, 7) is 6.34. The Labute approximate surface area is 179 Å². The molecule has 1 aliphatic heterocycles. The third kappa shape index (κ3) is 4.55. The molecule has 3 rings (SSSR count). The lowest BCUT2D eigenvalue weighted by Crippen LogP contribution is -2.43. The van der Waals surface area contributed by atoms with Gasteiger partial charge in [-0.2, -0.15) is 0 Å². The molecule has 0 aliphatic carbocycles. The molecule has 166 valence electrons. The maximum absolute atomic E-state index is 13.3. The molecule has 9 nitrogen and oxygen atoms in total. The maximum Gasteiger partial charge on any atom is 0.339 e. The quantitative estimate of drug-likeness (QED) is 0.621. The summed E-state index contributed by atoms with van der Waals surface area (Å²) in [6, 6.07) is 6.91. The van der Waals surface area contributed by atoms with Gasteiger partial charge in [0.1, 0.15) is 11.9 Å². The fraction of sp³-hybridized carbons (Fsp3) is 0.455. The molecule has 0 fully saturated rings. The lowest BCUT2D eigenvalue weighted by Gasteiger charge is -2.27. The van der Waals surface area contributed by atoms with E-state index in [0.29, 0.717) is 24.1 Å². The first-order chi connectivity index (χ1) is 14.7. The van der Waals surface area contributed by atoms with Gasteiger partial charge in [0.15, 0.2) is 5.69 Å². The minimum absolute atomic E-state index is 0.0252. The van der Waals surface area contributed by atoms with Crippen LogP contribution in [0.1, 0.15) is 62.1 Å². The highest BCUT2D eigenvalue weighted by Gasteiger charge is 2.34. The molecule has 0 spiro atoms. The molecule has 0 saturated heterocycles. The molecule has 0 radical (unpaired) electrons. The van der Waals surface area contributed by atoms with Crippen LogP contribution in [0.2, 0.25) is 0 Å². The summed E-state index contributed by atoms with van der Waals surface area (Å²) in [5.41, 5.74) is 5.92. The second-order valence-corrected chi connectivity index (χ2v) is 8.08. The number of hydrogen-bond acceptors (Lipinski definition) is 6. The molecule has 31 heavy (non-hydrogen) atoms. The lowest BCUT2D eigenvalue weighted by molar-refractivity contribution is -0.120. The zero-order valence-corrected chi connectivity index (χ0v) is 18.0. The number of nitrogens with two attached hydrogens (primary N) is 1. The molecule has 1 atom stereocenters. The topological polar surface area (TPSA) is 127 Å². The van der Waals surface area contributed by atoms with Crippen LogP contribution >= 0.6 is 0 Å². The van der Waals surface area contributed by atoms with Crippen LogP contribution in [0.15, 0.2) is 33.9 Å². The number of unbranched alkanes of at least 4 members (excludes halogenated alkanes) is 1. The van der Waals surface area contributed by atoms with Crippen molar-refractivity contribution in [3.63, 3.8) is 0 Å². The number of nitrogens with one attached hydrogen (secondary N) is 1. The van der Waals surface area contributed by atoms with Gasteiger partial charge in [-0.1, -0.05) is 45.4 Å². The van der Waals surface area contributed by atoms with Crippen molar-refractivity contribution < 1.29 is 14.3 Å². The van der Waals surface area contributed by atoms with Gasteiger partial charge in [-0.3, -0.25) is 19.1 Å². The van der Waals surface area contributed by atoms with Gasteiger partial charge in [0.05, 0.1) is 12.0 Å². The number of benzene rings is 1. The fourth-order valence-electron chi connectivity index (χ4n) is 3.70. The molecule has 1 amide bonds. The van der Waals surface area contributed by atoms with Gasteiger partial charge in [0.2, 0.25) is 5.91 Å². The molecule has 1 aliphatic rings. The Morgan fingerprint density at radius 3 is 2.65 bits per heavy atom. The van der Waals surface area contributed by atoms with E-state index in [1.807, 2.05) is 20.8 Å². The van der Waals surface area contributed by atoms with Crippen LogP contribution in [0.3, 0.4) is 0 Å². The summed E-state index contributed by atoms with van der Waals surface area (Å²) in [7, 11) is 0. The molecule has 1 aromatic heterocycles. The number of cyclic esters (lactones) is 1. The first-order valence-corrected chi connectivity index (χ1v) is 10.5. The highest BCUT2D eigenvalue weighted by atomic mass is 16.5. The molecule has 3 N–H and O–H groups in total. The Morgan fingerprint density at radius 1 is 1.26 bits per heavy atom. The normalized spacial score (nSPS) is 15.1. The van der Waals surface area contributed by atoms with E-state index >= 15 is 0 Å². The average Bonchev–Trinajstić information content (AvgIpc) is 3.02. The van der Waals surface area contributed by atoms with Crippen LogP contribution in [0.4, 0.5) is 11.5 Å². The lowest BCUT2D eigenvalue weighted by atomic mass is 10.0. The van der Waals surface area contributed by atoms with Gasteiger partial charge in [-0.15, -0.1) is 0 Å². The average molecular weight is 428 g/mol. The monoisotopic (exact) mass is 428 g/mol. The van der Waals surface area contributed by atoms with Crippen molar-refractivity contribution >= 4 is 23.4 Å². The van der Waals surface area contributed by atoms with E-state index in [9.17, 15) is 19.2 Å². The molecule has 0 unspecified atom stereocenters. The van der Waals surface area contributed by atoms with E-state index in [-0.39, 0.29) is 30.4 Å². The van der Waals surface area contributed by atoms with Gasteiger partial charge in [-0.25, -0.2) is 9.59 Å². The van der Waals surface area contributed by atoms with Gasteiger partial charge < -0.3 is 15.4 Å². The molecule has 0 saturated carbocycles. The van der Waals surface area contributed by atoms with E-state index in [2.05, 4.69) is 4.98 Å². The number of fused-ring (bicyclic) bond motifs is 1. The van der Waals surface area contributed by atoms with E-state index in [1.165, 1.54) is 9.47 Å². The zero-order chi connectivity index (χ0) is 22.7. The number of carbonyl (C=O) groups is 2. The smallest absolute Gasteiger partial charge is 0.339 e. The van der Waals surface area contributed by atoms with Crippen molar-refractivity contribution in [3.05, 3.63) is 56.2 Å². The number of aromatic amines is 1. The Hall–Kier alpha value is -3.36. The number of nitrogens with zero attached hydrogens (tertiary/aromatic N) is 2. The first-order valence-electron chi connectivity index (χ1n) is 10.5. The molecule has 0 bridgehead atoms. The largest absolute Gasteiger partial charge is 0.453 e. The van der Waals surface area contributed by atoms with Gasteiger partial charge in [0, 0.05) is 18.7 Å². The Kier molecular flexibility index (Phi) is 6.62. The second-order valence-electron chi connectivity index (χ2n) is 8.08. The van der Waals surface area contributed by atoms with Crippen molar-refractivity contribution in [2.45, 2.75) is 52.7 Å².